The van der Waals surface area contributed by atoms with Crippen LogP contribution in [0.15, 0.2) is 66.7 Å². The fraction of sp³-hybridized carbons (Fsp3) is 0.235. The maximum atomic E-state index is 15.2. The number of ether oxygens (including phenoxy) is 2. The van der Waals surface area contributed by atoms with Gasteiger partial charge in [0, 0.05) is 23.2 Å². The van der Waals surface area contributed by atoms with Crippen LogP contribution in [0.1, 0.15) is 39.5 Å². The molecule has 0 saturated carbocycles. The Labute approximate surface area is 280 Å². The monoisotopic (exact) mass is 710 g/mol. The van der Waals surface area contributed by atoms with Crippen LogP contribution in [0.3, 0.4) is 0 Å². The number of amides is 1. The zero-order chi connectivity index (χ0) is 34.7. The van der Waals surface area contributed by atoms with Crippen molar-refractivity contribution in [1.82, 2.24) is 5.32 Å². The standard InChI is InChI=1S/C34H26Cl2F6N2O4/c1-47-33(46)27(12-18-9-10-22(30-21(18)8-5-11-48-30)28-23(35)13-19(37)14-24(28)36)44-32(45)29-25(38)15-20(16-26(29)39)43-31(34(40,41)42)17-6-3-2-4-7-17/h2-4,6-7,9-10,13-16,27,31,43H,5,8,11-12H2,1H3,(H,44,45)/t27-,31+/m0/s1. The molecule has 252 valence electrons. The summed E-state index contributed by atoms with van der Waals surface area (Å²) >= 11 is 12.6. The van der Waals surface area contributed by atoms with Crippen LogP contribution in [0.4, 0.5) is 32.0 Å². The third kappa shape index (κ3) is 7.50. The van der Waals surface area contributed by atoms with E-state index in [9.17, 15) is 27.2 Å². The largest absolute Gasteiger partial charge is 0.493 e. The van der Waals surface area contributed by atoms with Gasteiger partial charge in [-0.05, 0) is 53.8 Å². The van der Waals surface area contributed by atoms with Crippen molar-refractivity contribution in [3.05, 3.63) is 116 Å². The number of alkyl halides is 3. The fourth-order valence-electron chi connectivity index (χ4n) is 5.54. The average Bonchev–Trinajstić information content (AvgIpc) is 3.03. The summed E-state index contributed by atoms with van der Waals surface area (Å²) in [6, 6.07) is 9.53. The molecule has 4 aromatic carbocycles. The van der Waals surface area contributed by atoms with E-state index in [-0.39, 0.29) is 22.0 Å². The molecule has 48 heavy (non-hydrogen) atoms. The number of nitrogens with one attached hydrogen (secondary N) is 2. The van der Waals surface area contributed by atoms with Crippen molar-refractivity contribution >= 4 is 40.8 Å². The van der Waals surface area contributed by atoms with Gasteiger partial charge in [0.1, 0.15) is 40.8 Å². The second-order valence-electron chi connectivity index (χ2n) is 10.9. The SMILES string of the molecule is COC(=O)[C@H](Cc1ccc(-c2c(Cl)cc(F)cc2Cl)c2c1CCCO2)NC(=O)c1c(F)cc(N[C@H](c2ccccc2)C(F)(F)F)cc1F. The number of halogens is 8. The molecule has 0 radical (unpaired) electrons. The Morgan fingerprint density at radius 2 is 1.60 bits per heavy atom. The summed E-state index contributed by atoms with van der Waals surface area (Å²) < 4.78 is 96.4. The number of methoxy groups -OCH3 is 1. The Balaban J connectivity index is 1.42. The van der Waals surface area contributed by atoms with Crippen LogP contribution in [-0.4, -0.2) is 37.8 Å². The lowest BCUT2D eigenvalue weighted by molar-refractivity contribution is -0.144. The minimum Gasteiger partial charge on any atom is -0.493 e. The molecule has 0 aromatic heterocycles. The number of carbonyl (C=O) groups excluding carboxylic acids is 2. The van der Waals surface area contributed by atoms with E-state index in [4.69, 9.17) is 32.7 Å². The molecule has 0 fully saturated rings. The molecule has 4 aromatic rings. The van der Waals surface area contributed by atoms with E-state index < -0.39 is 58.8 Å². The van der Waals surface area contributed by atoms with Crippen molar-refractivity contribution in [3.8, 4) is 16.9 Å². The maximum Gasteiger partial charge on any atom is 0.412 e. The van der Waals surface area contributed by atoms with Gasteiger partial charge in [-0.2, -0.15) is 13.2 Å². The molecule has 1 amide bonds. The summed E-state index contributed by atoms with van der Waals surface area (Å²) in [5.74, 6) is -5.44. The van der Waals surface area contributed by atoms with Crippen molar-refractivity contribution in [1.29, 1.82) is 0 Å². The van der Waals surface area contributed by atoms with Gasteiger partial charge in [-0.25, -0.2) is 18.0 Å². The van der Waals surface area contributed by atoms with E-state index in [1.807, 2.05) is 0 Å². The van der Waals surface area contributed by atoms with Crippen LogP contribution in [-0.2, 0) is 22.4 Å². The second-order valence-corrected chi connectivity index (χ2v) is 11.7. The van der Waals surface area contributed by atoms with Gasteiger partial charge in [-0.1, -0.05) is 65.7 Å². The predicted octanol–water partition coefficient (Wildman–Crippen LogP) is 8.63. The van der Waals surface area contributed by atoms with Crippen molar-refractivity contribution in [3.63, 3.8) is 0 Å². The van der Waals surface area contributed by atoms with Gasteiger partial charge in [-0.3, -0.25) is 4.79 Å². The van der Waals surface area contributed by atoms with Gasteiger partial charge < -0.3 is 20.1 Å². The van der Waals surface area contributed by atoms with Crippen molar-refractivity contribution in [2.45, 2.75) is 37.5 Å². The van der Waals surface area contributed by atoms with E-state index >= 15 is 8.78 Å². The van der Waals surface area contributed by atoms with E-state index in [2.05, 4.69) is 10.6 Å². The van der Waals surface area contributed by atoms with Crippen molar-refractivity contribution in [2.24, 2.45) is 0 Å². The smallest absolute Gasteiger partial charge is 0.412 e. The summed E-state index contributed by atoms with van der Waals surface area (Å²) in [6.45, 7) is 0.343. The van der Waals surface area contributed by atoms with Gasteiger partial charge in [0.15, 0.2) is 0 Å². The molecular weight excluding hydrogens is 685 g/mol. The Hall–Kier alpha value is -4.42. The fourth-order valence-corrected chi connectivity index (χ4v) is 6.21. The lowest BCUT2D eigenvalue weighted by Gasteiger charge is -2.26. The summed E-state index contributed by atoms with van der Waals surface area (Å²) in [7, 11) is 1.06. The first-order chi connectivity index (χ1) is 22.8. The van der Waals surface area contributed by atoms with E-state index in [0.29, 0.717) is 59.6 Å². The molecule has 2 N–H and O–H groups in total. The molecule has 0 unspecified atom stereocenters. The number of esters is 1. The summed E-state index contributed by atoms with van der Waals surface area (Å²) in [4.78, 5) is 26.0. The molecule has 0 saturated heterocycles. The molecule has 2 atom stereocenters. The molecule has 1 aliphatic heterocycles. The molecule has 1 heterocycles. The summed E-state index contributed by atoms with van der Waals surface area (Å²) in [5.41, 5.74) is 0.0979. The van der Waals surface area contributed by atoms with Gasteiger partial charge in [-0.15, -0.1) is 0 Å². The molecule has 14 heteroatoms. The van der Waals surface area contributed by atoms with Crippen molar-refractivity contribution in [2.75, 3.05) is 19.0 Å². The zero-order valence-corrected chi connectivity index (χ0v) is 26.5. The van der Waals surface area contributed by atoms with Crippen LogP contribution in [0, 0.1) is 17.5 Å². The van der Waals surface area contributed by atoms with Crippen molar-refractivity contribution < 1.29 is 45.4 Å². The normalized spacial score (nSPS) is 13.9. The van der Waals surface area contributed by atoms with E-state index in [1.54, 1.807) is 12.1 Å². The first-order valence-electron chi connectivity index (χ1n) is 14.5. The molecule has 0 aliphatic carbocycles. The minimum atomic E-state index is -4.82. The number of fused-ring (bicyclic) bond motifs is 1. The van der Waals surface area contributed by atoms with Gasteiger partial charge in [0.05, 0.1) is 23.8 Å². The second kappa shape index (κ2) is 14.4. The highest BCUT2D eigenvalue weighted by Gasteiger charge is 2.41. The van der Waals surface area contributed by atoms with E-state index in [0.717, 1.165) is 19.2 Å². The Bertz CT molecular complexity index is 1810. The Morgan fingerprint density at radius 1 is 0.958 bits per heavy atom. The first kappa shape index (κ1) is 34.9. The number of hydrogen-bond donors (Lipinski definition) is 2. The third-order valence-electron chi connectivity index (χ3n) is 7.71. The summed E-state index contributed by atoms with van der Waals surface area (Å²) in [5, 5.41) is 4.45. The molecular formula is C34H26Cl2F6N2O4. The summed E-state index contributed by atoms with van der Waals surface area (Å²) in [6.07, 6.45) is -3.93. The van der Waals surface area contributed by atoms with Crippen LogP contribution in [0.25, 0.3) is 11.1 Å². The molecule has 5 rings (SSSR count). The Kier molecular flexibility index (Phi) is 10.4. The highest BCUT2D eigenvalue weighted by Crippen LogP contribution is 2.44. The highest BCUT2D eigenvalue weighted by atomic mass is 35.5. The first-order valence-corrected chi connectivity index (χ1v) is 15.2. The average molecular weight is 711 g/mol. The number of benzene rings is 4. The minimum absolute atomic E-state index is 0.0445. The van der Waals surface area contributed by atoms with Gasteiger partial charge >= 0.3 is 12.1 Å². The van der Waals surface area contributed by atoms with Crippen LogP contribution < -0.4 is 15.4 Å². The maximum absolute atomic E-state index is 15.2. The third-order valence-corrected chi connectivity index (χ3v) is 8.30. The quantitative estimate of drug-likeness (QED) is 0.134. The topological polar surface area (TPSA) is 76.7 Å². The van der Waals surface area contributed by atoms with Gasteiger partial charge in [0.25, 0.3) is 5.91 Å². The zero-order valence-electron chi connectivity index (χ0n) is 25.0. The lowest BCUT2D eigenvalue weighted by Crippen LogP contribution is -2.43. The number of anilines is 1. The Morgan fingerprint density at radius 3 is 2.21 bits per heavy atom. The van der Waals surface area contributed by atoms with E-state index in [1.165, 1.54) is 30.3 Å². The number of hydrogen-bond acceptors (Lipinski definition) is 5. The number of rotatable bonds is 9. The molecule has 0 spiro atoms. The molecule has 1 aliphatic rings. The van der Waals surface area contributed by atoms with Gasteiger partial charge in [0.2, 0.25) is 0 Å². The lowest BCUT2D eigenvalue weighted by atomic mass is 9.90. The predicted molar refractivity (Wildman–Crippen MR) is 168 cm³/mol. The van der Waals surface area contributed by atoms with Crippen LogP contribution in [0.5, 0.6) is 5.75 Å². The van der Waals surface area contributed by atoms with Crippen LogP contribution >= 0.6 is 23.2 Å². The number of carbonyl (C=O) groups is 2. The molecule has 6 nitrogen and oxygen atoms in total. The van der Waals surface area contributed by atoms with Crippen LogP contribution in [0.2, 0.25) is 10.0 Å². The molecule has 0 bridgehead atoms. The highest BCUT2D eigenvalue weighted by molar-refractivity contribution is 6.39.